The summed E-state index contributed by atoms with van der Waals surface area (Å²) in [4.78, 5) is 29.5. The number of carbonyl (C=O) groups is 2. The van der Waals surface area contributed by atoms with E-state index < -0.39 is 0 Å². The highest BCUT2D eigenvalue weighted by atomic mass is 35.5. The second kappa shape index (κ2) is 12.4. The fourth-order valence-corrected chi connectivity index (χ4v) is 3.17. The number of aromatic nitrogens is 1. The molecule has 7 nitrogen and oxygen atoms in total. The van der Waals surface area contributed by atoms with Gasteiger partial charge in [-0.3, -0.25) is 9.59 Å². The van der Waals surface area contributed by atoms with E-state index in [0.29, 0.717) is 49.9 Å². The first-order chi connectivity index (χ1) is 14.5. The summed E-state index contributed by atoms with van der Waals surface area (Å²) in [6.07, 6.45) is 2.58. The molecule has 1 heterocycles. The molecule has 0 bridgehead atoms. The first-order valence-corrected chi connectivity index (χ1v) is 10.2. The topological polar surface area (TPSA) is 64.0 Å². The Hall–Kier alpha value is -2.35. The molecule has 164 valence electrons. The van der Waals surface area contributed by atoms with Crippen LogP contribution in [0.3, 0.4) is 0 Å². The van der Waals surface area contributed by atoms with Crippen LogP contribution in [0.2, 0.25) is 5.02 Å². The molecule has 0 spiro atoms. The number of carbonyl (C=O) groups excluding carboxylic acids is 2. The summed E-state index contributed by atoms with van der Waals surface area (Å²) in [7, 11) is 5.16. The maximum absolute atomic E-state index is 13.1. The van der Waals surface area contributed by atoms with Crippen molar-refractivity contribution in [2.75, 3.05) is 47.1 Å². The summed E-state index contributed by atoms with van der Waals surface area (Å²) in [6, 6.07) is 10.6. The summed E-state index contributed by atoms with van der Waals surface area (Å²) in [5.41, 5.74) is 1.50. The summed E-state index contributed by atoms with van der Waals surface area (Å²) in [5.74, 6) is -0.338. The van der Waals surface area contributed by atoms with E-state index in [1.165, 1.54) is 0 Å². The molecule has 0 aliphatic heterocycles. The van der Waals surface area contributed by atoms with Crippen LogP contribution in [-0.4, -0.2) is 73.2 Å². The van der Waals surface area contributed by atoms with Crippen LogP contribution in [-0.2, 0) is 27.9 Å². The minimum absolute atomic E-state index is 0.0146. The Labute approximate surface area is 183 Å². The van der Waals surface area contributed by atoms with Crippen molar-refractivity contribution in [3.05, 3.63) is 58.9 Å². The number of nitrogens with zero attached hydrogens (tertiary/aromatic N) is 3. The van der Waals surface area contributed by atoms with Gasteiger partial charge in [0.15, 0.2) is 0 Å². The fourth-order valence-electron chi connectivity index (χ4n) is 3.04. The van der Waals surface area contributed by atoms with E-state index in [-0.39, 0.29) is 18.4 Å². The standard InChI is InChI=1S/C22H30ClN3O4/c1-24-11-4-6-20(24)16-25(13-15-30-3)21(27)17-26(12-5-14-29-2)22(28)18-7-9-19(23)10-8-18/h4,6-11H,5,12-17H2,1-3H3. The van der Waals surface area contributed by atoms with Crippen LogP contribution < -0.4 is 0 Å². The largest absolute Gasteiger partial charge is 0.385 e. The smallest absolute Gasteiger partial charge is 0.254 e. The van der Waals surface area contributed by atoms with Crippen molar-refractivity contribution in [1.82, 2.24) is 14.4 Å². The molecular weight excluding hydrogens is 406 g/mol. The Kier molecular flexibility index (Phi) is 9.86. The number of hydrogen-bond acceptors (Lipinski definition) is 4. The predicted octanol–water partition coefficient (Wildman–Crippen LogP) is 2.83. The Morgan fingerprint density at radius 2 is 1.70 bits per heavy atom. The predicted molar refractivity (Wildman–Crippen MR) is 117 cm³/mol. The molecule has 2 amide bonds. The Balaban J connectivity index is 2.14. The normalized spacial score (nSPS) is 10.8. The lowest BCUT2D eigenvalue weighted by molar-refractivity contribution is -0.133. The second-order valence-electron chi connectivity index (χ2n) is 7.00. The van der Waals surface area contributed by atoms with Crippen LogP contribution in [0.4, 0.5) is 0 Å². The van der Waals surface area contributed by atoms with Gasteiger partial charge < -0.3 is 23.8 Å². The Morgan fingerprint density at radius 3 is 2.30 bits per heavy atom. The van der Waals surface area contributed by atoms with Crippen molar-refractivity contribution in [2.24, 2.45) is 7.05 Å². The first kappa shape index (κ1) is 23.9. The minimum atomic E-state index is -0.207. The molecule has 0 saturated carbocycles. The maximum Gasteiger partial charge on any atom is 0.254 e. The fraction of sp³-hybridized carbons (Fsp3) is 0.455. The van der Waals surface area contributed by atoms with E-state index in [1.54, 1.807) is 48.3 Å². The van der Waals surface area contributed by atoms with Crippen LogP contribution in [0, 0.1) is 0 Å². The lowest BCUT2D eigenvalue weighted by Gasteiger charge is -2.28. The van der Waals surface area contributed by atoms with Crippen molar-refractivity contribution in [3.63, 3.8) is 0 Å². The second-order valence-corrected chi connectivity index (χ2v) is 7.43. The number of ether oxygens (including phenoxy) is 2. The quantitative estimate of drug-likeness (QED) is 0.481. The number of amides is 2. The molecule has 0 atom stereocenters. The van der Waals surface area contributed by atoms with E-state index in [0.717, 1.165) is 5.69 Å². The zero-order valence-electron chi connectivity index (χ0n) is 17.8. The van der Waals surface area contributed by atoms with Crippen LogP contribution in [0.5, 0.6) is 0 Å². The van der Waals surface area contributed by atoms with Gasteiger partial charge in [-0.25, -0.2) is 0 Å². The molecule has 0 fully saturated rings. The maximum atomic E-state index is 13.1. The molecule has 2 rings (SSSR count). The van der Waals surface area contributed by atoms with E-state index in [4.69, 9.17) is 21.1 Å². The van der Waals surface area contributed by atoms with E-state index in [9.17, 15) is 9.59 Å². The Bertz CT molecular complexity index is 807. The summed E-state index contributed by atoms with van der Waals surface area (Å²) >= 11 is 5.94. The molecule has 30 heavy (non-hydrogen) atoms. The third-order valence-corrected chi connectivity index (χ3v) is 5.06. The van der Waals surface area contributed by atoms with Crippen LogP contribution >= 0.6 is 11.6 Å². The zero-order chi connectivity index (χ0) is 21.9. The highest BCUT2D eigenvalue weighted by Crippen LogP contribution is 2.13. The van der Waals surface area contributed by atoms with Gasteiger partial charge in [0, 0.05) is 63.4 Å². The average molecular weight is 436 g/mol. The number of methoxy groups -OCH3 is 2. The lowest BCUT2D eigenvalue weighted by Crippen LogP contribution is -2.44. The van der Waals surface area contributed by atoms with Gasteiger partial charge in [-0.05, 0) is 42.8 Å². The van der Waals surface area contributed by atoms with Gasteiger partial charge in [-0.15, -0.1) is 0 Å². The number of benzene rings is 1. The van der Waals surface area contributed by atoms with Crippen molar-refractivity contribution >= 4 is 23.4 Å². The zero-order valence-corrected chi connectivity index (χ0v) is 18.6. The van der Waals surface area contributed by atoms with E-state index in [1.807, 2.05) is 29.9 Å². The Morgan fingerprint density at radius 1 is 1.00 bits per heavy atom. The number of aryl methyl sites for hydroxylation is 1. The van der Waals surface area contributed by atoms with Gasteiger partial charge in [-0.1, -0.05) is 11.6 Å². The summed E-state index contributed by atoms with van der Waals surface area (Å²) in [5, 5.41) is 0.557. The highest BCUT2D eigenvalue weighted by Gasteiger charge is 2.23. The average Bonchev–Trinajstić information content (AvgIpc) is 3.14. The molecule has 0 radical (unpaired) electrons. The summed E-state index contributed by atoms with van der Waals surface area (Å²) < 4.78 is 12.3. The molecule has 0 unspecified atom stereocenters. The SMILES string of the molecule is COCCCN(CC(=O)N(CCOC)Cc1cccn1C)C(=O)c1ccc(Cl)cc1. The van der Waals surface area contributed by atoms with E-state index >= 15 is 0 Å². The van der Waals surface area contributed by atoms with E-state index in [2.05, 4.69) is 0 Å². The molecule has 1 aromatic heterocycles. The molecule has 1 aromatic carbocycles. The van der Waals surface area contributed by atoms with Gasteiger partial charge >= 0.3 is 0 Å². The van der Waals surface area contributed by atoms with Crippen LogP contribution in [0.25, 0.3) is 0 Å². The first-order valence-electron chi connectivity index (χ1n) is 9.87. The van der Waals surface area contributed by atoms with Gasteiger partial charge in [0.25, 0.3) is 5.91 Å². The van der Waals surface area contributed by atoms with Crippen LogP contribution in [0.15, 0.2) is 42.6 Å². The molecule has 0 aliphatic rings. The lowest BCUT2D eigenvalue weighted by atomic mass is 10.2. The third-order valence-electron chi connectivity index (χ3n) is 4.80. The molecular formula is C22H30ClN3O4. The van der Waals surface area contributed by atoms with Crippen molar-refractivity contribution in [2.45, 2.75) is 13.0 Å². The molecule has 0 saturated heterocycles. The van der Waals surface area contributed by atoms with Gasteiger partial charge in [0.1, 0.15) is 6.54 Å². The van der Waals surface area contributed by atoms with Crippen molar-refractivity contribution < 1.29 is 19.1 Å². The molecule has 0 N–H and O–H groups in total. The third kappa shape index (κ3) is 7.16. The molecule has 2 aromatic rings. The van der Waals surface area contributed by atoms with Gasteiger partial charge in [0.05, 0.1) is 13.2 Å². The van der Waals surface area contributed by atoms with Crippen molar-refractivity contribution in [3.8, 4) is 0 Å². The number of halogens is 1. The molecule has 8 heteroatoms. The monoisotopic (exact) mass is 435 g/mol. The minimum Gasteiger partial charge on any atom is -0.385 e. The molecule has 0 aliphatic carbocycles. The number of hydrogen-bond donors (Lipinski definition) is 0. The highest BCUT2D eigenvalue weighted by molar-refractivity contribution is 6.30. The van der Waals surface area contributed by atoms with Gasteiger partial charge in [0.2, 0.25) is 5.91 Å². The number of rotatable bonds is 12. The summed E-state index contributed by atoms with van der Waals surface area (Å²) in [6.45, 7) is 2.23. The van der Waals surface area contributed by atoms with Gasteiger partial charge in [-0.2, -0.15) is 0 Å². The van der Waals surface area contributed by atoms with Crippen molar-refractivity contribution in [1.29, 1.82) is 0 Å². The van der Waals surface area contributed by atoms with Crippen LogP contribution in [0.1, 0.15) is 22.5 Å².